The topological polar surface area (TPSA) is 70.9 Å². The smallest absolute Gasteiger partial charge is 0.273 e. The molecule has 2 heterocycles. The third kappa shape index (κ3) is 1.86. The van der Waals surface area contributed by atoms with Crippen LogP contribution >= 0.6 is 0 Å². The minimum Gasteiger partial charge on any atom is -0.360 e. The van der Waals surface area contributed by atoms with Crippen molar-refractivity contribution < 1.29 is 9.32 Å². The quantitative estimate of drug-likeness (QED) is 0.724. The lowest BCUT2D eigenvalue weighted by Crippen LogP contribution is -2.12. The molecule has 0 saturated carbocycles. The van der Waals surface area contributed by atoms with Crippen molar-refractivity contribution in [2.24, 2.45) is 0 Å². The van der Waals surface area contributed by atoms with Gasteiger partial charge in [-0.25, -0.2) is 0 Å². The lowest BCUT2D eigenvalue weighted by molar-refractivity contribution is 0.102. The van der Waals surface area contributed by atoms with Crippen LogP contribution in [0.25, 0.3) is 10.9 Å². The van der Waals surface area contributed by atoms with E-state index in [-0.39, 0.29) is 5.91 Å². The van der Waals surface area contributed by atoms with Crippen LogP contribution < -0.4 is 5.32 Å². The third-order valence-corrected chi connectivity index (χ3v) is 2.64. The van der Waals surface area contributed by atoms with Gasteiger partial charge in [-0.15, -0.1) is 0 Å². The molecule has 0 aliphatic heterocycles. The molecule has 0 atom stereocenters. The monoisotopic (exact) mass is 241 g/mol. The number of nitrogens with one attached hydrogen (secondary N) is 2. The van der Waals surface area contributed by atoms with E-state index in [0.29, 0.717) is 17.3 Å². The van der Waals surface area contributed by atoms with Gasteiger partial charge in [0, 0.05) is 17.0 Å². The molecule has 90 valence electrons. The van der Waals surface area contributed by atoms with E-state index in [2.05, 4.69) is 15.5 Å². The van der Waals surface area contributed by atoms with Gasteiger partial charge in [0.25, 0.3) is 5.91 Å². The second-order valence-corrected chi connectivity index (χ2v) is 4.05. The Balaban J connectivity index is 1.87. The standard InChI is InChI=1S/C13H11N3O2/c1-8-6-12(16-18-8)15-13(17)11-7-9-4-2-3-5-10(9)14-11/h2-7,14H,1H3,(H,15,16,17). The molecule has 0 aliphatic rings. The highest BCUT2D eigenvalue weighted by Gasteiger charge is 2.11. The molecule has 2 aromatic heterocycles. The van der Waals surface area contributed by atoms with Crippen molar-refractivity contribution in [2.45, 2.75) is 6.92 Å². The summed E-state index contributed by atoms with van der Waals surface area (Å²) in [5.41, 5.74) is 1.43. The van der Waals surface area contributed by atoms with Gasteiger partial charge < -0.3 is 14.8 Å². The number of aryl methyl sites for hydroxylation is 1. The average molecular weight is 241 g/mol. The number of aromatic amines is 1. The van der Waals surface area contributed by atoms with E-state index in [1.165, 1.54) is 0 Å². The van der Waals surface area contributed by atoms with E-state index in [1.54, 1.807) is 19.1 Å². The molecule has 0 unspecified atom stereocenters. The van der Waals surface area contributed by atoms with E-state index in [4.69, 9.17) is 4.52 Å². The van der Waals surface area contributed by atoms with E-state index in [0.717, 1.165) is 10.9 Å². The Morgan fingerprint density at radius 1 is 1.33 bits per heavy atom. The number of anilines is 1. The lowest BCUT2D eigenvalue weighted by atomic mass is 10.2. The number of rotatable bonds is 2. The molecule has 2 N–H and O–H groups in total. The summed E-state index contributed by atoms with van der Waals surface area (Å²) in [7, 11) is 0. The fraction of sp³-hybridized carbons (Fsp3) is 0.0769. The summed E-state index contributed by atoms with van der Waals surface area (Å²) in [5.74, 6) is 0.831. The van der Waals surface area contributed by atoms with Crippen LogP contribution in [0.2, 0.25) is 0 Å². The molecule has 5 heteroatoms. The van der Waals surface area contributed by atoms with Crippen molar-refractivity contribution in [3.63, 3.8) is 0 Å². The number of nitrogens with zero attached hydrogens (tertiary/aromatic N) is 1. The van der Waals surface area contributed by atoms with Crippen LogP contribution in [0.4, 0.5) is 5.82 Å². The van der Waals surface area contributed by atoms with Crippen LogP contribution in [-0.2, 0) is 0 Å². The summed E-state index contributed by atoms with van der Waals surface area (Å²) in [6.07, 6.45) is 0. The number of fused-ring (bicyclic) bond motifs is 1. The van der Waals surface area contributed by atoms with Crippen LogP contribution in [0.3, 0.4) is 0 Å². The number of hydrogen-bond acceptors (Lipinski definition) is 3. The summed E-state index contributed by atoms with van der Waals surface area (Å²) < 4.78 is 4.89. The summed E-state index contributed by atoms with van der Waals surface area (Å²) in [5, 5.41) is 7.38. The summed E-state index contributed by atoms with van der Waals surface area (Å²) in [4.78, 5) is 15.0. The highest BCUT2D eigenvalue weighted by molar-refractivity contribution is 6.05. The molecule has 0 saturated heterocycles. The van der Waals surface area contributed by atoms with Gasteiger partial charge in [0.15, 0.2) is 5.82 Å². The summed E-state index contributed by atoms with van der Waals surface area (Å²) in [6, 6.07) is 11.2. The molecule has 0 radical (unpaired) electrons. The van der Waals surface area contributed by atoms with Gasteiger partial charge in [0.2, 0.25) is 0 Å². The minimum absolute atomic E-state index is 0.237. The fourth-order valence-corrected chi connectivity index (χ4v) is 1.80. The molecule has 1 aromatic carbocycles. The molecule has 0 fully saturated rings. The largest absolute Gasteiger partial charge is 0.360 e. The van der Waals surface area contributed by atoms with Crippen molar-refractivity contribution in [1.29, 1.82) is 0 Å². The van der Waals surface area contributed by atoms with Crippen molar-refractivity contribution >= 4 is 22.6 Å². The second kappa shape index (κ2) is 4.03. The maximum atomic E-state index is 12.0. The number of benzene rings is 1. The number of aromatic nitrogens is 2. The lowest BCUT2D eigenvalue weighted by Gasteiger charge is -1.97. The first kappa shape index (κ1) is 10.6. The summed E-state index contributed by atoms with van der Waals surface area (Å²) in [6.45, 7) is 1.77. The van der Waals surface area contributed by atoms with Gasteiger partial charge in [-0.1, -0.05) is 23.4 Å². The Kier molecular flexibility index (Phi) is 2.37. The predicted octanol–water partition coefficient (Wildman–Crippen LogP) is 2.72. The van der Waals surface area contributed by atoms with Gasteiger partial charge in [0.05, 0.1) is 0 Å². The second-order valence-electron chi connectivity index (χ2n) is 4.05. The molecule has 0 aliphatic carbocycles. The SMILES string of the molecule is Cc1cc(NC(=O)c2cc3ccccc3[nH]2)no1. The number of para-hydroxylation sites is 1. The van der Waals surface area contributed by atoms with Crippen molar-refractivity contribution in [1.82, 2.24) is 10.1 Å². The first-order valence-electron chi connectivity index (χ1n) is 5.55. The zero-order chi connectivity index (χ0) is 12.5. The molecule has 3 rings (SSSR count). The Morgan fingerprint density at radius 3 is 2.89 bits per heavy atom. The maximum absolute atomic E-state index is 12.0. The first-order chi connectivity index (χ1) is 8.72. The van der Waals surface area contributed by atoms with Crippen molar-refractivity contribution in [2.75, 3.05) is 5.32 Å². The third-order valence-electron chi connectivity index (χ3n) is 2.64. The number of carbonyl (C=O) groups excluding carboxylic acids is 1. The zero-order valence-corrected chi connectivity index (χ0v) is 9.73. The van der Waals surface area contributed by atoms with Crippen LogP contribution in [-0.4, -0.2) is 16.0 Å². The van der Waals surface area contributed by atoms with E-state index < -0.39 is 0 Å². The minimum atomic E-state index is -0.237. The van der Waals surface area contributed by atoms with Crippen LogP contribution in [0, 0.1) is 6.92 Å². The Bertz CT molecular complexity index is 679. The average Bonchev–Trinajstić information content (AvgIpc) is 2.95. The maximum Gasteiger partial charge on any atom is 0.273 e. The van der Waals surface area contributed by atoms with Crippen LogP contribution in [0.1, 0.15) is 16.2 Å². The van der Waals surface area contributed by atoms with E-state index >= 15 is 0 Å². The molecule has 18 heavy (non-hydrogen) atoms. The van der Waals surface area contributed by atoms with Gasteiger partial charge in [-0.3, -0.25) is 4.79 Å². The number of carbonyl (C=O) groups is 1. The van der Waals surface area contributed by atoms with E-state index in [1.807, 2.05) is 24.3 Å². The van der Waals surface area contributed by atoms with Crippen LogP contribution in [0.15, 0.2) is 40.9 Å². The normalized spacial score (nSPS) is 10.7. The van der Waals surface area contributed by atoms with Crippen molar-refractivity contribution in [3.05, 3.63) is 47.9 Å². The van der Waals surface area contributed by atoms with Crippen molar-refractivity contribution in [3.8, 4) is 0 Å². The molecular weight excluding hydrogens is 230 g/mol. The van der Waals surface area contributed by atoms with Crippen LogP contribution in [0.5, 0.6) is 0 Å². The highest BCUT2D eigenvalue weighted by atomic mass is 16.5. The number of H-pyrrole nitrogens is 1. The molecule has 0 spiro atoms. The molecule has 5 nitrogen and oxygen atoms in total. The summed E-state index contributed by atoms with van der Waals surface area (Å²) >= 11 is 0. The zero-order valence-electron chi connectivity index (χ0n) is 9.73. The molecule has 0 bridgehead atoms. The number of amides is 1. The van der Waals surface area contributed by atoms with Gasteiger partial charge in [-0.05, 0) is 19.1 Å². The molecule has 1 amide bonds. The van der Waals surface area contributed by atoms with Gasteiger partial charge >= 0.3 is 0 Å². The van der Waals surface area contributed by atoms with Gasteiger partial charge in [0.1, 0.15) is 11.5 Å². The Morgan fingerprint density at radius 2 is 2.17 bits per heavy atom. The Labute approximate surface area is 103 Å². The highest BCUT2D eigenvalue weighted by Crippen LogP contribution is 2.16. The first-order valence-corrected chi connectivity index (χ1v) is 5.55. The Hall–Kier alpha value is -2.56. The fourth-order valence-electron chi connectivity index (χ4n) is 1.80. The molecule has 3 aromatic rings. The van der Waals surface area contributed by atoms with Gasteiger partial charge in [-0.2, -0.15) is 0 Å². The van der Waals surface area contributed by atoms with E-state index in [9.17, 15) is 4.79 Å². The predicted molar refractivity (Wildman–Crippen MR) is 67.5 cm³/mol. The number of hydrogen-bond donors (Lipinski definition) is 2. The molecular formula is C13H11N3O2.